The largest absolute Gasteiger partial charge is 0.309 e. The van der Waals surface area contributed by atoms with Crippen LogP contribution >= 0.6 is 0 Å². The summed E-state index contributed by atoms with van der Waals surface area (Å²) in [5, 5.41) is 9.37. The van der Waals surface area contributed by atoms with Crippen LogP contribution in [0.4, 0.5) is 0 Å². The summed E-state index contributed by atoms with van der Waals surface area (Å²) in [6.45, 7) is 0. The molecule has 67 heavy (non-hydrogen) atoms. The van der Waals surface area contributed by atoms with Crippen LogP contribution in [0.2, 0.25) is 0 Å². The SMILES string of the molecule is c1ccc(-c2cccc(-c3ccc4c(-n5c6cc7ccccc7cc6c6cc7ccccc7cc65)cc(-c5ccccc5)c(-c5nc(-c6ccccc6)nc(-c6ccccc6)n5)c4c3)c2)cc1. The highest BCUT2D eigenvalue weighted by Gasteiger charge is 2.24. The fourth-order valence-electron chi connectivity index (χ4n) is 9.93. The number of aromatic nitrogens is 4. The number of hydrogen-bond donors (Lipinski definition) is 0. The molecule has 11 aromatic carbocycles. The minimum Gasteiger partial charge on any atom is -0.309 e. The zero-order valence-corrected chi connectivity index (χ0v) is 36.4. The van der Waals surface area contributed by atoms with Crippen LogP contribution in [-0.4, -0.2) is 19.5 Å². The molecule has 0 unspecified atom stereocenters. The Balaban J connectivity index is 1.18. The highest BCUT2D eigenvalue weighted by Crippen LogP contribution is 2.46. The van der Waals surface area contributed by atoms with Gasteiger partial charge in [-0.1, -0.05) is 200 Å². The first-order chi connectivity index (χ1) is 33.2. The van der Waals surface area contributed by atoms with E-state index in [-0.39, 0.29) is 0 Å². The van der Waals surface area contributed by atoms with Crippen molar-refractivity contribution in [2.75, 3.05) is 0 Å². The molecule has 0 radical (unpaired) electrons. The summed E-state index contributed by atoms with van der Waals surface area (Å²) >= 11 is 0. The van der Waals surface area contributed by atoms with Crippen LogP contribution in [0.1, 0.15) is 0 Å². The Labute approximate surface area is 387 Å². The molecule has 0 spiro atoms. The van der Waals surface area contributed by atoms with E-state index in [1.165, 1.54) is 43.4 Å². The number of hydrogen-bond acceptors (Lipinski definition) is 3. The monoisotopic (exact) mass is 852 g/mol. The Kier molecular flexibility index (Phi) is 9.14. The zero-order chi connectivity index (χ0) is 44.3. The van der Waals surface area contributed by atoms with Crippen LogP contribution in [0, 0.1) is 0 Å². The van der Waals surface area contributed by atoms with Gasteiger partial charge in [0.25, 0.3) is 0 Å². The first-order valence-electron chi connectivity index (χ1n) is 22.8. The molecule has 0 bridgehead atoms. The van der Waals surface area contributed by atoms with Gasteiger partial charge in [0.2, 0.25) is 0 Å². The van der Waals surface area contributed by atoms with E-state index in [4.69, 9.17) is 15.0 Å². The molecule has 0 aliphatic carbocycles. The highest BCUT2D eigenvalue weighted by molar-refractivity contribution is 6.18. The Morgan fingerprint density at radius 3 is 1.21 bits per heavy atom. The Bertz CT molecular complexity index is 3860. The van der Waals surface area contributed by atoms with E-state index >= 15 is 0 Å². The molecule has 0 saturated heterocycles. The van der Waals surface area contributed by atoms with Gasteiger partial charge in [-0.3, -0.25) is 0 Å². The first-order valence-corrected chi connectivity index (χ1v) is 22.8. The standard InChI is InChI=1S/C63H40N4/c1-5-18-41(19-6-1)45-30-17-31-46(34-45)51-32-33-52-56(37-51)60(63-65-61(43-22-9-3-10-23-43)64-62(66-63)44-24-11-4-12-25-44)53(42-20-7-2-8-21-42)40-59(52)67-57-38-49-28-15-13-26-47(49)35-54(57)55-36-48-27-14-16-29-50(48)39-58(55)67/h1-40H. The molecular formula is C63H40N4. The van der Waals surface area contributed by atoms with E-state index in [1.807, 2.05) is 36.4 Å². The topological polar surface area (TPSA) is 43.6 Å². The molecule has 0 atom stereocenters. The van der Waals surface area contributed by atoms with Crippen molar-refractivity contribution in [3.8, 4) is 73.2 Å². The van der Waals surface area contributed by atoms with Crippen molar-refractivity contribution in [1.29, 1.82) is 0 Å². The summed E-state index contributed by atoms with van der Waals surface area (Å²) in [6.07, 6.45) is 0. The lowest BCUT2D eigenvalue weighted by atomic mass is 9.89. The van der Waals surface area contributed by atoms with Crippen molar-refractivity contribution >= 4 is 54.1 Å². The average molecular weight is 853 g/mol. The molecular weight excluding hydrogens is 813 g/mol. The van der Waals surface area contributed by atoms with Crippen LogP contribution in [0.3, 0.4) is 0 Å². The van der Waals surface area contributed by atoms with E-state index < -0.39 is 0 Å². The van der Waals surface area contributed by atoms with Gasteiger partial charge in [-0.25, -0.2) is 15.0 Å². The Hall–Kier alpha value is -8.99. The number of nitrogens with zero attached hydrogens (tertiary/aromatic N) is 4. The van der Waals surface area contributed by atoms with E-state index in [1.54, 1.807) is 0 Å². The van der Waals surface area contributed by atoms with Crippen molar-refractivity contribution in [2.45, 2.75) is 0 Å². The van der Waals surface area contributed by atoms with Gasteiger partial charge in [-0.05, 0) is 103 Å². The maximum atomic E-state index is 5.42. The summed E-state index contributed by atoms with van der Waals surface area (Å²) in [5.74, 6) is 1.85. The first kappa shape index (κ1) is 38.5. The molecule has 4 nitrogen and oxygen atoms in total. The molecule has 13 rings (SSSR count). The van der Waals surface area contributed by atoms with Crippen molar-refractivity contribution in [3.05, 3.63) is 243 Å². The second-order valence-electron chi connectivity index (χ2n) is 17.2. The summed E-state index contributed by atoms with van der Waals surface area (Å²) in [7, 11) is 0. The van der Waals surface area contributed by atoms with Crippen molar-refractivity contribution in [2.24, 2.45) is 0 Å². The highest BCUT2D eigenvalue weighted by atomic mass is 15.0. The lowest BCUT2D eigenvalue weighted by Gasteiger charge is -2.20. The van der Waals surface area contributed by atoms with Crippen LogP contribution in [0.15, 0.2) is 243 Å². The van der Waals surface area contributed by atoms with Crippen molar-refractivity contribution < 1.29 is 0 Å². The average Bonchev–Trinajstić information content (AvgIpc) is 3.71. The lowest BCUT2D eigenvalue weighted by Crippen LogP contribution is -2.04. The van der Waals surface area contributed by atoms with Gasteiger partial charge in [-0.15, -0.1) is 0 Å². The van der Waals surface area contributed by atoms with Crippen LogP contribution in [-0.2, 0) is 0 Å². The fraction of sp³-hybridized carbons (Fsp3) is 0. The van der Waals surface area contributed by atoms with E-state index in [0.717, 1.165) is 66.4 Å². The third-order valence-corrected chi connectivity index (χ3v) is 13.2. The number of benzene rings is 11. The number of fused-ring (bicyclic) bond motifs is 6. The summed E-state index contributed by atoms with van der Waals surface area (Å²) in [6, 6.07) is 86.8. The normalized spacial score (nSPS) is 11.6. The number of rotatable bonds is 7. The van der Waals surface area contributed by atoms with Gasteiger partial charge >= 0.3 is 0 Å². The molecule has 2 aromatic heterocycles. The van der Waals surface area contributed by atoms with E-state index in [9.17, 15) is 0 Å². The summed E-state index contributed by atoms with van der Waals surface area (Å²) in [5.41, 5.74) is 12.8. The minimum atomic E-state index is 0.609. The molecule has 13 aromatic rings. The minimum absolute atomic E-state index is 0.609. The van der Waals surface area contributed by atoms with Crippen molar-refractivity contribution in [1.82, 2.24) is 19.5 Å². The fourth-order valence-corrected chi connectivity index (χ4v) is 9.93. The predicted octanol–water partition coefficient (Wildman–Crippen LogP) is 16.4. The summed E-state index contributed by atoms with van der Waals surface area (Å²) in [4.78, 5) is 16.0. The lowest BCUT2D eigenvalue weighted by molar-refractivity contribution is 1.08. The third kappa shape index (κ3) is 6.74. The van der Waals surface area contributed by atoms with Gasteiger partial charge in [-0.2, -0.15) is 0 Å². The molecule has 4 heteroatoms. The quantitative estimate of drug-likeness (QED) is 0.160. The van der Waals surface area contributed by atoms with Gasteiger partial charge in [0.15, 0.2) is 17.5 Å². The summed E-state index contributed by atoms with van der Waals surface area (Å²) < 4.78 is 2.50. The van der Waals surface area contributed by atoms with Gasteiger partial charge in [0, 0.05) is 32.8 Å². The molecule has 312 valence electrons. The molecule has 2 heterocycles. The van der Waals surface area contributed by atoms with E-state index in [2.05, 4.69) is 211 Å². The molecule has 0 saturated carbocycles. The molecule has 0 aliphatic rings. The third-order valence-electron chi connectivity index (χ3n) is 13.2. The van der Waals surface area contributed by atoms with Crippen LogP contribution in [0.25, 0.3) is 127 Å². The maximum Gasteiger partial charge on any atom is 0.165 e. The van der Waals surface area contributed by atoms with Gasteiger partial charge in [0.1, 0.15) is 0 Å². The maximum absolute atomic E-state index is 5.42. The molecule has 0 fully saturated rings. The Morgan fingerprint density at radius 2 is 0.672 bits per heavy atom. The smallest absolute Gasteiger partial charge is 0.165 e. The molecule has 0 amide bonds. The van der Waals surface area contributed by atoms with Crippen molar-refractivity contribution in [3.63, 3.8) is 0 Å². The second-order valence-corrected chi connectivity index (χ2v) is 17.2. The van der Waals surface area contributed by atoms with E-state index in [0.29, 0.717) is 17.5 Å². The molecule has 0 aliphatic heterocycles. The van der Waals surface area contributed by atoms with Gasteiger partial charge < -0.3 is 4.57 Å². The van der Waals surface area contributed by atoms with Crippen LogP contribution in [0.5, 0.6) is 0 Å². The van der Waals surface area contributed by atoms with Gasteiger partial charge in [0.05, 0.1) is 16.7 Å². The predicted molar refractivity (Wildman–Crippen MR) is 279 cm³/mol. The van der Waals surface area contributed by atoms with Crippen LogP contribution < -0.4 is 0 Å². The molecule has 0 N–H and O–H groups in total. The Morgan fingerprint density at radius 1 is 0.254 bits per heavy atom. The zero-order valence-electron chi connectivity index (χ0n) is 36.4. The second kappa shape index (κ2) is 15.9.